The number of ether oxygens (including phenoxy) is 1. The highest BCUT2D eigenvalue weighted by atomic mass is 16.5. The molecule has 0 fully saturated rings. The molecule has 1 N–H and O–H groups in total. The average molecular weight is 250 g/mol. The molecule has 0 aliphatic carbocycles. The lowest BCUT2D eigenvalue weighted by Gasteiger charge is -2.16. The molecule has 3 nitrogen and oxygen atoms in total. The van der Waals surface area contributed by atoms with E-state index in [-0.39, 0.29) is 12.5 Å². The van der Waals surface area contributed by atoms with Crippen LogP contribution in [0.2, 0.25) is 0 Å². The highest BCUT2D eigenvalue weighted by Gasteiger charge is 2.13. The molecular weight excluding hydrogens is 228 g/mol. The van der Waals surface area contributed by atoms with Crippen molar-refractivity contribution in [1.82, 2.24) is 0 Å². The average Bonchev–Trinajstić information content (AvgIpc) is 2.37. The molecule has 100 valence electrons. The van der Waals surface area contributed by atoms with Gasteiger partial charge >= 0.3 is 5.97 Å². The monoisotopic (exact) mass is 250 g/mol. The maximum absolute atomic E-state index is 10.8. The number of hydrogen-bond acceptors (Lipinski definition) is 2. The van der Waals surface area contributed by atoms with Gasteiger partial charge in [-0.2, -0.15) is 0 Å². The third-order valence-corrected chi connectivity index (χ3v) is 2.86. The Morgan fingerprint density at radius 3 is 2.61 bits per heavy atom. The van der Waals surface area contributed by atoms with E-state index in [1.54, 1.807) is 0 Å². The van der Waals surface area contributed by atoms with Gasteiger partial charge in [0.2, 0.25) is 0 Å². The normalized spacial score (nSPS) is 12.3. The summed E-state index contributed by atoms with van der Waals surface area (Å²) in [7, 11) is 0. The number of rotatable bonds is 9. The van der Waals surface area contributed by atoms with Gasteiger partial charge in [0.05, 0.1) is 19.1 Å². The Balaban J connectivity index is 2.37. The highest BCUT2D eigenvalue weighted by molar-refractivity contribution is 5.67. The van der Waals surface area contributed by atoms with E-state index in [0.29, 0.717) is 6.61 Å². The van der Waals surface area contributed by atoms with E-state index in [4.69, 9.17) is 9.84 Å². The molecule has 0 aliphatic rings. The molecule has 0 bridgehead atoms. The van der Waals surface area contributed by atoms with Crippen molar-refractivity contribution in [1.29, 1.82) is 0 Å². The van der Waals surface area contributed by atoms with Crippen molar-refractivity contribution in [3.8, 4) is 0 Å². The summed E-state index contributed by atoms with van der Waals surface area (Å²) in [6.07, 6.45) is 4.05. The Kier molecular flexibility index (Phi) is 7.11. The van der Waals surface area contributed by atoms with Crippen LogP contribution in [0.3, 0.4) is 0 Å². The van der Waals surface area contributed by atoms with Crippen LogP contribution in [0.25, 0.3) is 0 Å². The van der Waals surface area contributed by atoms with E-state index in [0.717, 1.165) is 31.2 Å². The number of carboxylic acid groups (broad SMARTS) is 1. The van der Waals surface area contributed by atoms with Crippen LogP contribution < -0.4 is 0 Å². The van der Waals surface area contributed by atoms with Gasteiger partial charge < -0.3 is 9.84 Å². The van der Waals surface area contributed by atoms with Gasteiger partial charge in [0.15, 0.2) is 0 Å². The molecule has 0 saturated carbocycles. The fourth-order valence-corrected chi connectivity index (χ4v) is 1.85. The van der Waals surface area contributed by atoms with Crippen LogP contribution in [0.15, 0.2) is 30.3 Å². The number of benzene rings is 1. The van der Waals surface area contributed by atoms with Gasteiger partial charge in [-0.05, 0) is 12.0 Å². The van der Waals surface area contributed by atoms with Gasteiger partial charge in [-0.1, -0.05) is 56.5 Å². The molecule has 0 unspecified atom stereocenters. The molecule has 1 aromatic carbocycles. The van der Waals surface area contributed by atoms with E-state index in [1.807, 2.05) is 30.3 Å². The Bertz CT molecular complexity index is 335. The smallest absolute Gasteiger partial charge is 0.305 e. The van der Waals surface area contributed by atoms with Crippen molar-refractivity contribution in [2.45, 2.75) is 51.7 Å². The van der Waals surface area contributed by atoms with E-state index < -0.39 is 5.97 Å². The van der Waals surface area contributed by atoms with Crippen LogP contribution in [0.4, 0.5) is 0 Å². The third-order valence-electron chi connectivity index (χ3n) is 2.86. The molecule has 1 aromatic rings. The van der Waals surface area contributed by atoms with Crippen LogP contribution in [0.5, 0.6) is 0 Å². The largest absolute Gasteiger partial charge is 0.481 e. The summed E-state index contributed by atoms with van der Waals surface area (Å²) in [5.74, 6) is -0.787. The second-order valence-electron chi connectivity index (χ2n) is 4.51. The SMILES string of the molecule is CCCCC[C@@H](CC(=O)O)OCc1ccccc1. The maximum Gasteiger partial charge on any atom is 0.305 e. The van der Waals surface area contributed by atoms with Crippen LogP contribution in [0, 0.1) is 0 Å². The number of hydrogen-bond donors (Lipinski definition) is 1. The van der Waals surface area contributed by atoms with E-state index in [9.17, 15) is 4.79 Å². The first-order valence-electron chi connectivity index (χ1n) is 6.59. The lowest BCUT2D eigenvalue weighted by atomic mass is 10.1. The standard InChI is InChI=1S/C15H22O3/c1-2-3-5-10-14(11-15(16)17)18-12-13-8-6-4-7-9-13/h4,6-9,14H,2-3,5,10-12H2,1H3,(H,16,17)/t14-/m0/s1. The minimum Gasteiger partial charge on any atom is -0.481 e. The molecule has 0 aromatic heterocycles. The molecule has 1 atom stereocenters. The summed E-state index contributed by atoms with van der Waals surface area (Å²) >= 11 is 0. The lowest BCUT2D eigenvalue weighted by molar-refractivity contribution is -0.140. The fourth-order valence-electron chi connectivity index (χ4n) is 1.85. The van der Waals surface area contributed by atoms with Crippen molar-refractivity contribution in [2.75, 3.05) is 0 Å². The van der Waals surface area contributed by atoms with Gasteiger partial charge in [-0.15, -0.1) is 0 Å². The minimum absolute atomic E-state index is 0.0938. The number of unbranched alkanes of at least 4 members (excludes halogenated alkanes) is 2. The van der Waals surface area contributed by atoms with Crippen molar-refractivity contribution in [2.24, 2.45) is 0 Å². The van der Waals surface area contributed by atoms with Crippen LogP contribution in [-0.4, -0.2) is 17.2 Å². The Hall–Kier alpha value is -1.35. The predicted octanol–water partition coefficient (Wildman–Crippen LogP) is 3.63. The van der Waals surface area contributed by atoms with E-state index in [2.05, 4.69) is 6.92 Å². The molecule has 0 aliphatic heterocycles. The van der Waals surface area contributed by atoms with Crippen LogP contribution in [0.1, 0.15) is 44.6 Å². The highest BCUT2D eigenvalue weighted by Crippen LogP contribution is 2.13. The summed E-state index contributed by atoms with van der Waals surface area (Å²) in [4.78, 5) is 10.8. The molecule has 0 saturated heterocycles. The number of carboxylic acids is 1. The topological polar surface area (TPSA) is 46.5 Å². The number of aliphatic carboxylic acids is 1. The Morgan fingerprint density at radius 1 is 1.28 bits per heavy atom. The first-order valence-corrected chi connectivity index (χ1v) is 6.59. The van der Waals surface area contributed by atoms with Crippen molar-refractivity contribution >= 4 is 5.97 Å². The van der Waals surface area contributed by atoms with Crippen LogP contribution >= 0.6 is 0 Å². The van der Waals surface area contributed by atoms with Gasteiger partial charge in [-0.3, -0.25) is 4.79 Å². The molecule has 0 spiro atoms. The predicted molar refractivity (Wildman–Crippen MR) is 71.4 cm³/mol. The van der Waals surface area contributed by atoms with E-state index >= 15 is 0 Å². The molecule has 0 heterocycles. The second-order valence-corrected chi connectivity index (χ2v) is 4.51. The summed E-state index contributed by atoms with van der Waals surface area (Å²) in [5.41, 5.74) is 1.09. The van der Waals surface area contributed by atoms with Gasteiger partial charge in [0.25, 0.3) is 0 Å². The number of carbonyl (C=O) groups is 1. The minimum atomic E-state index is -0.787. The molecule has 1 rings (SSSR count). The van der Waals surface area contributed by atoms with Crippen molar-refractivity contribution in [3.05, 3.63) is 35.9 Å². The first kappa shape index (κ1) is 14.7. The molecule has 0 amide bonds. The first-order chi connectivity index (χ1) is 8.72. The van der Waals surface area contributed by atoms with Crippen LogP contribution in [-0.2, 0) is 16.1 Å². The fraction of sp³-hybridized carbons (Fsp3) is 0.533. The van der Waals surface area contributed by atoms with Gasteiger partial charge in [0, 0.05) is 0 Å². The molecular formula is C15H22O3. The zero-order valence-electron chi connectivity index (χ0n) is 11.0. The summed E-state index contributed by atoms with van der Waals surface area (Å²) in [5, 5.41) is 8.86. The maximum atomic E-state index is 10.8. The van der Waals surface area contributed by atoms with Gasteiger partial charge in [-0.25, -0.2) is 0 Å². The molecule has 0 radical (unpaired) electrons. The zero-order chi connectivity index (χ0) is 13.2. The Labute approximate surface area is 109 Å². The molecule has 18 heavy (non-hydrogen) atoms. The van der Waals surface area contributed by atoms with Gasteiger partial charge in [0.1, 0.15) is 0 Å². The van der Waals surface area contributed by atoms with Crippen molar-refractivity contribution < 1.29 is 14.6 Å². The molecule has 3 heteroatoms. The third kappa shape index (κ3) is 6.40. The second kappa shape index (κ2) is 8.70. The lowest BCUT2D eigenvalue weighted by Crippen LogP contribution is -2.17. The zero-order valence-corrected chi connectivity index (χ0v) is 11.0. The van der Waals surface area contributed by atoms with Crippen molar-refractivity contribution in [3.63, 3.8) is 0 Å². The Morgan fingerprint density at radius 2 is 2.00 bits per heavy atom. The quantitative estimate of drug-likeness (QED) is 0.681. The summed E-state index contributed by atoms with van der Waals surface area (Å²) < 4.78 is 5.70. The van der Waals surface area contributed by atoms with E-state index in [1.165, 1.54) is 0 Å². The summed E-state index contributed by atoms with van der Waals surface area (Å²) in [6, 6.07) is 9.86. The summed E-state index contributed by atoms with van der Waals surface area (Å²) in [6.45, 7) is 2.63.